The van der Waals surface area contributed by atoms with Gasteiger partial charge < -0.3 is 38.7 Å². The van der Waals surface area contributed by atoms with E-state index in [1.807, 2.05) is 0 Å². The van der Waals surface area contributed by atoms with Crippen LogP contribution in [0, 0.1) is 0 Å². The molecule has 182 valence electrons. The third-order valence-electron chi connectivity index (χ3n) is 3.56. The molecule has 1 unspecified atom stereocenters. The number of phenolic OH excluding ortho intramolecular Hbond substituents is 3. The predicted octanol–water partition coefficient (Wildman–Crippen LogP) is 4.68. The van der Waals surface area contributed by atoms with Gasteiger partial charge in [-0.3, -0.25) is 0 Å². The molecule has 0 fully saturated rings. The van der Waals surface area contributed by atoms with Crippen molar-refractivity contribution >= 4 is 23.5 Å². The molecule has 0 heterocycles. The molecule has 0 bridgehead atoms. The van der Waals surface area contributed by atoms with Gasteiger partial charge in [0.2, 0.25) is 5.75 Å². The molecular weight excluding hydrogens is 517 g/mol. The average molecular weight is 534 g/mol. The van der Waals surface area contributed by atoms with Crippen LogP contribution < -0.4 is 13.6 Å². The Morgan fingerprint density at radius 1 is 0.588 bits per heavy atom. The fourth-order valence-corrected chi connectivity index (χ4v) is 6.51. The Kier molecular flexibility index (Phi) is 7.60. The molecule has 13 nitrogen and oxygen atoms in total. The van der Waals surface area contributed by atoms with Gasteiger partial charge in [-0.2, -0.15) is 8.62 Å². The van der Waals surface area contributed by atoms with Gasteiger partial charge in [0.05, 0.1) is 0 Å². The second-order valence-electron chi connectivity index (χ2n) is 6.26. The highest BCUT2D eigenvalue weighted by Crippen LogP contribution is 2.70. The Morgan fingerprint density at radius 3 is 1.44 bits per heavy atom. The monoisotopic (exact) mass is 534 g/mol. The summed E-state index contributed by atoms with van der Waals surface area (Å²) in [6, 6.07) is 15.7. The lowest BCUT2D eigenvalue weighted by Crippen LogP contribution is -2.08. The minimum Gasteiger partial charge on any atom is -0.508 e. The Bertz CT molecular complexity index is 1210. The maximum absolute atomic E-state index is 13.5. The lowest BCUT2D eigenvalue weighted by molar-refractivity contribution is 0.209. The normalized spacial score (nSPS) is 13.6. The smallest absolute Gasteiger partial charge is 0.508 e. The first-order chi connectivity index (χ1) is 15.9. The van der Waals surface area contributed by atoms with Crippen molar-refractivity contribution in [1.82, 2.24) is 0 Å². The van der Waals surface area contributed by atoms with E-state index in [-0.39, 0.29) is 11.5 Å². The van der Waals surface area contributed by atoms with Crippen molar-refractivity contribution in [2.75, 3.05) is 0 Å². The Morgan fingerprint density at radius 2 is 1.03 bits per heavy atom. The number of hydrogen-bond donors (Lipinski definition) is 5. The molecule has 0 saturated heterocycles. The van der Waals surface area contributed by atoms with E-state index in [1.165, 1.54) is 48.5 Å². The summed E-state index contributed by atoms with van der Waals surface area (Å²) in [5.41, 5.74) is 0. The molecule has 3 rings (SSSR count). The van der Waals surface area contributed by atoms with Crippen molar-refractivity contribution in [1.29, 1.82) is 0 Å². The minimum absolute atomic E-state index is 0.125. The zero-order valence-electron chi connectivity index (χ0n) is 16.8. The lowest BCUT2D eigenvalue weighted by atomic mass is 10.3. The second-order valence-corrected chi connectivity index (χ2v) is 10.9. The van der Waals surface area contributed by atoms with Crippen molar-refractivity contribution in [3.8, 4) is 34.5 Å². The highest BCUT2D eigenvalue weighted by molar-refractivity contribution is 7.67. The van der Waals surface area contributed by atoms with Crippen LogP contribution in [0.25, 0.3) is 0 Å². The zero-order valence-corrected chi connectivity index (χ0v) is 19.5. The van der Waals surface area contributed by atoms with E-state index >= 15 is 0 Å². The van der Waals surface area contributed by atoms with Crippen molar-refractivity contribution in [3.63, 3.8) is 0 Å². The van der Waals surface area contributed by atoms with Gasteiger partial charge in [0.25, 0.3) is 0 Å². The zero-order chi connectivity index (χ0) is 25.0. The molecule has 0 aliphatic carbocycles. The van der Waals surface area contributed by atoms with Crippen molar-refractivity contribution in [2.45, 2.75) is 0 Å². The number of para-hydroxylation sites is 2. The molecule has 0 saturated carbocycles. The number of phosphoric ester groups is 1. The lowest BCUT2D eigenvalue weighted by Gasteiger charge is -2.24. The SMILES string of the molecule is O=P(O)(O)OP(=O)(Oc1c(O)cc(O)cc1O)OP(=O)(Oc1ccccc1)Oc1ccccc1. The van der Waals surface area contributed by atoms with Gasteiger partial charge in [-0.05, 0) is 24.3 Å². The Balaban J connectivity index is 2.04. The van der Waals surface area contributed by atoms with Gasteiger partial charge in [0.1, 0.15) is 17.2 Å². The molecule has 3 aromatic carbocycles. The largest absolute Gasteiger partial charge is 0.597 e. The quantitative estimate of drug-likeness (QED) is 0.225. The van der Waals surface area contributed by atoms with Crippen LogP contribution in [-0.2, 0) is 22.3 Å². The van der Waals surface area contributed by atoms with Crippen LogP contribution in [0.4, 0.5) is 0 Å². The first-order valence-corrected chi connectivity index (χ1v) is 13.4. The van der Waals surface area contributed by atoms with Gasteiger partial charge in [0, 0.05) is 12.1 Å². The van der Waals surface area contributed by atoms with Crippen molar-refractivity contribution < 1.29 is 61.0 Å². The van der Waals surface area contributed by atoms with Crippen LogP contribution in [0.5, 0.6) is 34.5 Å². The van der Waals surface area contributed by atoms with Crippen LogP contribution in [0.15, 0.2) is 72.8 Å². The van der Waals surface area contributed by atoms with Gasteiger partial charge >= 0.3 is 23.5 Å². The van der Waals surface area contributed by atoms with Gasteiger partial charge in [-0.15, -0.1) is 0 Å². The molecular formula is C18H17O13P3. The summed E-state index contributed by atoms with van der Waals surface area (Å²) in [6.45, 7) is 0. The molecule has 5 N–H and O–H groups in total. The summed E-state index contributed by atoms with van der Waals surface area (Å²) in [6.07, 6.45) is 0. The summed E-state index contributed by atoms with van der Waals surface area (Å²) in [4.78, 5) is 18.4. The maximum Gasteiger partial charge on any atom is 0.597 e. The predicted molar refractivity (Wildman–Crippen MR) is 116 cm³/mol. The Hall–Kier alpha value is -3.01. The van der Waals surface area contributed by atoms with Crippen LogP contribution in [-0.4, -0.2) is 25.1 Å². The van der Waals surface area contributed by atoms with E-state index in [1.54, 1.807) is 12.1 Å². The molecule has 0 aromatic heterocycles. The highest BCUT2D eigenvalue weighted by Gasteiger charge is 2.49. The molecule has 0 aliphatic heterocycles. The van der Waals surface area contributed by atoms with Crippen LogP contribution >= 0.6 is 23.5 Å². The fraction of sp³-hybridized carbons (Fsp3) is 0. The first kappa shape index (κ1) is 25.6. The van der Waals surface area contributed by atoms with Crippen molar-refractivity contribution in [3.05, 3.63) is 72.8 Å². The molecule has 0 radical (unpaired) electrons. The molecule has 0 amide bonds. The van der Waals surface area contributed by atoms with E-state index in [4.69, 9.17) is 17.9 Å². The molecule has 34 heavy (non-hydrogen) atoms. The maximum atomic E-state index is 13.5. The molecule has 3 aromatic rings. The first-order valence-electron chi connectivity index (χ1n) is 8.99. The van der Waals surface area contributed by atoms with E-state index in [0.29, 0.717) is 12.1 Å². The molecule has 0 spiro atoms. The molecule has 16 heteroatoms. The van der Waals surface area contributed by atoms with Crippen LogP contribution in [0.2, 0.25) is 0 Å². The van der Waals surface area contributed by atoms with Crippen LogP contribution in [0.3, 0.4) is 0 Å². The molecule has 1 atom stereocenters. The number of phenols is 3. The van der Waals surface area contributed by atoms with Crippen LogP contribution in [0.1, 0.15) is 0 Å². The van der Waals surface area contributed by atoms with Gasteiger partial charge in [-0.25, -0.2) is 13.7 Å². The van der Waals surface area contributed by atoms with E-state index in [0.717, 1.165) is 0 Å². The van der Waals surface area contributed by atoms with E-state index in [9.17, 15) is 38.8 Å². The van der Waals surface area contributed by atoms with Crippen molar-refractivity contribution in [2.24, 2.45) is 0 Å². The third-order valence-corrected chi connectivity index (χ3v) is 8.09. The average Bonchev–Trinajstić information content (AvgIpc) is 2.70. The van der Waals surface area contributed by atoms with E-state index in [2.05, 4.69) is 4.31 Å². The third kappa shape index (κ3) is 7.24. The summed E-state index contributed by atoms with van der Waals surface area (Å²) in [5.74, 6) is -4.03. The topological polar surface area (TPSA) is 199 Å². The van der Waals surface area contributed by atoms with Gasteiger partial charge in [0.15, 0.2) is 11.5 Å². The second kappa shape index (κ2) is 10.1. The van der Waals surface area contributed by atoms with Gasteiger partial charge in [-0.1, -0.05) is 36.4 Å². The van der Waals surface area contributed by atoms with E-state index < -0.39 is 46.5 Å². The standard InChI is InChI=1S/C18H17O13P3/c19-13-11-16(20)18(17(21)12-13)29-34(26,30-32(22,23)24)31-33(25,27-14-7-3-1-4-8-14)28-15-9-5-2-6-10-15/h1-12,19-21H,(H2,22,23,24). The Labute approximate surface area is 192 Å². The minimum atomic E-state index is -5.71. The summed E-state index contributed by atoms with van der Waals surface area (Å²) in [7, 11) is -16.5. The summed E-state index contributed by atoms with van der Waals surface area (Å²) in [5, 5.41) is 29.2. The summed E-state index contributed by atoms with van der Waals surface area (Å²) < 4.78 is 62.2. The number of rotatable bonds is 10. The number of phosphoric acid groups is 3. The number of aromatic hydroxyl groups is 3. The number of benzene rings is 3. The molecule has 0 aliphatic rings. The fourth-order valence-electron chi connectivity index (χ4n) is 2.36. The number of hydrogen-bond acceptors (Lipinski definition) is 11. The highest BCUT2D eigenvalue weighted by atomic mass is 31.3. The summed E-state index contributed by atoms with van der Waals surface area (Å²) >= 11 is 0.